The van der Waals surface area contributed by atoms with Crippen LogP contribution in [0.4, 0.5) is 4.79 Å². The molecular formula is C17H25ClN2O3. The lowest BCUT2D eigenvalue weighted by Gasteiger charge is -2.35. The van der Waals surface area contributed by atoms with Gasteiger partial charge in [0, 0.05) is 6.20 Å². The molecule has 1 atom stereocenters. The molecule has 0 radical (unpaired) electrons. The number of hydrogen-bond acceptors (Lipinski definition) is 4. The zero-order valence-corrected chi connectivity index (χ0v) is 15.2. The highest BCUT2D eigenvalue weighted by Gasteiger charge is 2.45. The molecule has 2 heterocycles. The van der Waals surface area contributed by atoms with E-state index in [0.29, 0.717) is 11.8 Å². The molecule has 0 aliphatic carbocycles. The maximum absolute atomic E-state index is 12.5. The summed E-state index contributed by atoms with van der Waals surface area (Å²) in [6, 6.07) is 3.71. The van der Waals surface area contributed by atoms with Crippen molar-refractivity contribution in [1.29, 1.82) is 0 Å². The Bertz CT molecular complexity index is 552. The van der Waals surface area contributed by atoms with Crippen LogP contribution in [0.1, 0.15) is 46.6 Å². The molecule has 0 bridgehead atoms. The fourth-order valence-corrected chi connectivity index (χ4v) is 2.78. The van der Waals surface area contributed by atoms with Crippen LogP contribution in [0, 0.1) is 0 Å². The van der Waals surface area contributed by atoms with Crippen molar-refractivity contribution in [3.8, 4) is 0 Å². The minimum atomic E-state index is -0.661. The molecule has 1 aliphatic rings. The summed E-state index contributed by atoms with van der Waals surface area (Å²) < 4.78 is 11.3. The summed E-state index contributed by atoms with van der Waals surface area (Å²) in [5.41, 5.74) is -0.103. The monoisotopic (exact) mass is 340 g/mol. The SMILES string of the molecule is CC(C)(C)OC(=O)N1[C@@H](CCc2ccc(Cl)nc2)COC1(C)C. The Labute approximate surface area is 142 Å². The quantitative estimate of drug-likeness (QED) is 0.779. The van der Waals surface area contributed by atoms with Crippen LogP contribution in [-0.2, 0) is 15.9 Å². The number of halogens is 1. The average Bonchev–Trinajstić information content (AvgIpc) is 2.71. The Balaban J connectivity index is 2.04. The van der Waals surface area contributed by atoms with E-state index in [-0.39, 0.29) is 12.1 Å². The van der Waals surface area contributed by atoms with Gasteiger partial charge in [0.1, 0.15) is 16.5 Å². The molecule has 128 valence electrons. The number of carbonyl (C=O) groups is 1. The van der Waals surface area contributed by atoms with Gasteiger partial charge in [0.05, 0.1) is 12.6 Å². The lowest BCUT2D eigenvalue weighted by atomic mass is 10.1. The van der Waals surface area contributed by atoms with Crippen molar-refractivity contribution in [2.45, 2.75) is 64.8 Å². The minimum absolute atomic E-state index is 0.0180. The molecule has 0 unspecified atom stereocenters. The van der Waals surface area contributed by atoms with Gasteiger partial charge in [0.15, 0.2) is 0 Å². The molecule has 23 heavy (non-hydrogen) atoms. The summed E-state index contributed by atoms with van der Waals surface area (Å²) in [5.74, 6) is 0. The second kappa shape index (κ2) is 6.65. The summed E-state index contributed by atoms with van der Waals surface area (Å²) in [4.78, 5) is 18.3. The first-order valence-electron chi connectivity index (χ1n) is 7.85. The molecule has 1 saturated heterocycles. The fraction of sp³-hybridized carbons (Fsp3) is 0.647. The smallest absolute Gasteiger partial charge is 0.412 e. The van der Waals surface area contributed by atoms with E-state index in [1.54, 1.807) is 17.2 Å². The fourth-order valence-electron chi connectivity index (χ4n) is 2.66. The number of nitrogens with zero attached hydrogens (tertiary/aromatic N) is 2. The van der Waals surface area contributed by atoms with Crippen molar-refractivity contribution in [3.05, 3.63) is 29.0 Å². The van der Waals surface area contributed by atoms with Crippen LogP contribution in [0.3, 0.4) is 0 Å². The van der Waals surface area contributed by atoms with Gasteiger partial charge in [0.25, 0.3) is 0 Å². The van der Waals surface area contributed by atoms with E-state index in [1.165, 1.54) is 0 Å². The van der Waals surface area contributed by atoms with Gasteiger partial charge in [0.2, 0.25) is 0 Å². The van der Waals surface area contributed by atoms with E-state index in [4.69, 9.17) is 21.1 Å². The predicted molar refractivity (Wildman–Crippen MR) is 89.5 cm³/mol. The molecule has 6 heteroatoms. The molecule has 0 N–H and O–H groups in total. The van der Waals surface area contributed by atoms with Crippen molar-refractivity contribution in [1.82, 2.24) is 9.88 Å². The third kappa shape index (κ3) is 4.82. The molecule has 1 aliphatic heterocycles. The van der Waals surface area contributed by atoms with Crippen LogP contribution < -0.4 is 0 Å². The van der Waals surface area contributed by atoms with Crippen LogP contribution in [0.15, 0.2) is 18.3 Å². The van der Waals surface area contributed by atoms with Gasteiger partial charge in [-0.3, -0.25) is 4.90 Å². The van der Waals surface area contributed by atoms with Crippen molar-refractivity contribution in [2.75, 3.05) is 6.61 Å². The highest BCUT2D eigenvalue weighted by molar-refractivity contribution is 6.29. The van der Waals surface area contributed by atoms with Crippen molar-refractivity contribution in [3.63, 3.8) is 0 Å². The molecule has 0 aromatic carbocycles. The van der Waals surface area contributed by atoms with Gasteiger partial charge >= 0.3 is 6.09 Å². The average molecular weight is 341 g/mol. The second-order valence-corrected chi connectivity index (χ2v) is 7.68. The third-order valence-electron chi connectivity index (χ3n) is 3.72. The molecule has 0 saturated carbocycles. The van der Waals surface area contributed by atoms with Gasteiger partial charge in [-0.05, 0) is 59.1 Å². The molecular weight excluding hydrogens is 316 g/mol. The summed E-state index contributed by atoms with van der Waals surface area (Å²) in [7, 11) is 0. The van der Waals surface area contributed by atoms with Crippen LogP contribution in [-0.4, -0.2) is 40.0 Å². The number of ether oxygens (including phenoxy) is 2. The molecule has 1 fully saturated rings. The van der Waals surface area contributed by atoms with E-state index in [1.807, 2.05) is 40.7 Å². The number of carbonyl (C=O) groups excluding carboxylic acids is 1. The number of aromatic nitrogens is 1. The molecule has 5 nitrogen and oxygen atoms in total. The lowest BCUT2D eigenvalue weighted by molar-refractivity contribution is -0.0626. The first kappa shape index (κ1) is 18.0. The zero-order chi connectivity index (χ0) is 17.3. The molecule has 1 amide bonds. The maximum Gasteiger partial charge on any atom is 0.412 e. The summed E-state index contributed by atoms with van der Waals surface area (Å²) >= 11 is 5.80. The third-order valence-corrected chi connectivity index (χ3v) is 3.94. The van der Waals surface area contributed by atoms with Gasteiger partial charge < -0.3 is 9.47 Å². The topological polar surface area (TPSA) is 51.7 Å². The Morgan fingerprint density at radius 3 is 2.74 bits per heavy atom. The number of rotatable bonds is 3. The highest BCUT2D eigenvalue weighted by Crippen LogP contribution is 2.31. The second-order valence-electron chi connectivity index (χ2n) is 7.29. The van der Waals surface area contributed by atoms with E-state index in [9.17, 15) is 4.79 Å². The van der Waals surface area contributed by atoms with E-state index in [0.717, 1.165) is 18.4 Å². The van der Waals surface area contributed by atoms with Crippen LogP contribution in [0.5, 0.6) is 0 Å². The molecule has 2 rings (SSSR count). The standard InChI is InChI=1S/C17H25ClN2O3/c1-16(2,3)23-15(21)20-13(11-22-17(20,4)5)8-6-12-7-9-14(18)19-10-12/h7,9-10,13H,6,8,11H2,1-5H3/t13-/m0/s1. The Kier molecular flexibility index (Phi) is 5.21. The van der Waals surface area contributed by atoms with E-state index in [2.05, 4.69) is 4.98 Å². The number of amides is 1. The number of pyridine rings is 1. The van der Waals surface area contributed by atoms with E-state index < -0.39 is 11.3 Å². The Morgan fingerprint density at radius 2 is 2.17 bits per heavy atom. The minimum Gasteiger partial charge on any atom is -0.444 e. The van der Waals surface area contributed by atoms with Crippen LogP contribution in [0.2, 0.25) is 5.15 Å². The molecule has 1 aromatic rings. The Morgan fingerprint density at radius 1 is 1.48 bits per heavy atom. The van der Waals surface area contributed by atoms with Crippen molar-refractivity contribution < 1.29 is 14.3 Å². The highest BCUT2D eigenvalue weighted by atomic mass is 35.5. The summed E-state index contributed by atoms with van der Waals surface area (Å²) in [6.45, 7) is 9.88. The van der Waals surface area contributed by atoms with Crippen molar-refractivity contribution >= 4 is 17.7 Å². The van der Waals surface area contributed by atoms with Crippen molar-refractivity contribution in [2.24, 2.45) is 0 Å². The van der Waals surface area contributed by atoms with Gasteiger partial charge in [-0.1, -0.05) is 17.7 Å². The van der Waals surface area contributed by atoms with Gasteiger partial charge in [-0.25, -0.2) is 9.78 Å². The molecule has 0 spiro atoms. The van der Waals surface area contributed by atoms with Gasteiger partial charge in [-0.2, -0.15) is 0 Å². The van der Waals surface area contributed by atoms with E-state index >= 15 is 0 Å². The summed E-state index contributed by atoms with van der Waals surface area (Å²) in [6.07, 6.45) is 3.01. The van der Waals surface area contributed by atoms with Crippen LogP contribution >= 0.6 is 11.6 Å². The molecule has 1 aromatic heterocycles. The number of aryl methyl sites for hydroxylation is 1. The lowest BCUT2D eigenvalue weighted by Crippen LogP contribution is -2.49. The maximum atomic E-state index is 12.5. The summed E-state index contributed by atoms with van der Waals surface area (Å²) in [5, 5.41) is 0.481. The normalized spacial score (nSPS) is 20.6. The number of hydrogen-bond donors (Lipinski definition) is 0. The first-order chi connectivity index (χ1) is 10.6. The first-order valence-corrected chi connectivity index (χ1v) is 8.23. The predicted octanol–water partition coefficient (Wildman–Crippen LogP) is 4.04. The van der Waals surface area contributed by atoms with Crippen LogP contribution in [0.25, 0.3) is 0 Å². The Hall–Kier alpha value is -1.33. The zero-order valence-electron chi connectivity index (χ0n) is 14.4. The largest absolute Gasteiger partial charge is 0.444 e. The van der Waals surface area contributed by atoms with Gasteiger partial charge in [-0.15, -0.1) is 0 Å².